The van der Waals surface area contributed by atoms with E-state index in [9.17, 15) is 0 Å². The molecule has 0 saturated heterocycles. The molecule has 2 aromatic carbocycles. The van der Waals surface area contributed by atoms with Gasteiger partial charge >= 0.3 is 0 Å². The van der Waals surface area contributed by atoms with Gasteiger partial charge in [-0.15, -0.1) is 0 Å². The summed E-state index contributed by atoms with van der Waals surface area (Å²) in [7, 11) is 0. The molecule has 0 spiro atoms. The minimum absolute atomic E-state index is 0.201. The number of anilines is 2. The number of rotatable bonds is 7. The summed E-state index contributed by atoms with van der Waals surface area (Å²) >= 11 is 5.85. The molecule has 0 aliphatic rings. The highest BCUT2D eigenvalue weighted by Crippen LogP contribution is 2.17. The second-order valence-electron chi connectivity index (χ2n) is 5.05. The molecule has 0 fully saturated rings. The van der Waals surface area contributed by atoms with Crippen molar-refractivity contribution in [2.75, 3.05) is 23.7 Å². The van der Waals surface area contributed by atoms with Crippen LogP contribution in [0.5, 0.6) is 5.75 Å². The number of nitrogens with one attached hydrogen (secondary N) is 2. The van der Waals surface area contributed by atoms with Gasteiger partial charge in [-0.05, 0) is 62.4 Å². The van der Waals surface area contributed by atoms with Crippen LogP contribution < -0.4 is 15.4 Å². The number of hydrogen-bond donors (Lipinski definition) is 2. The second-order valence-corrected chi connectivity index (χ2v) is 5.49. The first kappa shape index (κ1) is 15.5. The third-order valence-corrected chi connectivity index (χ3v) is 3.11. The maximum atomic E-state index is 5.85. The predicted octanol–water partition coefficient (Wildman–Crippen LogP) is 4.65. The summed E-state index contributed by atoms with van der Waals surface area (Å²) in [5.74, 6) is 0.898. The summed E-state index contributed by atoms with van der Waals surface area (Å²) in [5.41, 5.74) is 2.16. The summed E-state index contributed by atoms with van der Waals surface area (Å²) < 4.78 is 5.61. The molecule has 0 amide bonds. The van der Waals surface area contributed by atoms with E-state index in [0.29, 0.717) is 0 Å². The van der Waals surface area contributed by atoms with Gasteiger partial charge in [-0.2, -0.15) is 0 Å². The van der Waals surface area contributed by atoms with Gasteiger partial charge in [-0.1, -0.05) is 11.6 Å². The number of hydrogen-bond acceptors (Lipinski definition) is 3. The third-order valence-electron chi connectivity index (χ3n) is 2.85. The first-order valence-electron chi connectivity index (χ1n) is 7.13. The zero-order valence-electron chi connectivity index (χ0n) is 12.4. The molecule has 4 heteroatoms. The Morgan fingerprint density at radius 3 is 1.81 bits per heavy atom. The Balaban J connectivity index is 1.72. The Morgan fingerprint density at radius 2 is 1.33 bits per heavy atom. The van der Waals surface area contributed by atoms with Crippen molar-refractivity contribution in [2.24, 2.45) is 0 Å². The lowest BCUT2D eigenvalue weighted by Gasteiger charge is -2.11. The largest absolute Gasteiger partial charge is 0.491 e. The third kappa shape index (κ3) is 5.56. The second kappa shape index (κ2) is 7.79. The van der Waals surface area contributed by atoms with Crippen LogP contribution in [-0.4, -0.2) is 19.2 Å². The molecule has 21 heavy (non-hydrogen) atoms. The molecule has 0 radical (unpaired) electrons. The Labute approximate surface area is 131 Å². The minimum Gasteiger partial charge on any atom is -0.491 e. The van der Waals surface area contributed by atoms with Crippen LogP contribution in [0.3, 0.4) is 0 Å². The summed E-state index contributed by atoms with van der Waals surface area (Å²) in [4.78, 5) is 0. The van der Waals surface area contributed by atoms with Gasteiger partial charge in [0.25, 0.3) is 0 Å². The van der Waals surface area contributed by atoms with E-state index in [0.717, 1.165) is 35.2 Å². The van der Waals surface area contributed by atoms with E-state index in [2.05, 4.69) is 10.6 Å². The molecule has 0 aromatic heterocycles. The van der Waals surface area contributed by atoms with Crippen molar-refractivity contribution >= 4 is 23.0 Å². The Bertz CT molecular complexity index is 538. The van der Waals surface area contributed by atoms with E-state index in [4.69, 9.17) is 16.3 Å². The quantitative estimate of drug-likeness (QED) is 0.730. The molecule has 2 aromatic rings. The lowest BCUT2D eigenvalue weighted by atomic mass is 10.3. The van der Waals surface area contributed by atoms with Crippen LogP contribution in [0.4, 0.5) is 11.4 Å². The summed E-state index contributed by atoms with van der Waals surface area (Å²) in [6, 6.07) is 15.7. The molecular weight excluding hydrogens is 284 g/mol. The summed E-state index contributed by atoms with van der Waals surface area (Å²) in [5, 5.41) is 7.45. The van der Waals surface area contributed by atoms with Crippen molar-refractivity contribution in [3.05, 3.63) is 53.6 Å². The van der Waals surface area contributed by atoms with Crippen LogP contribution >= 0.6 is 11.6 Å². The molecule has 2 N–H and O–H groups in total. The maximum absolute atomic E-state index is 5.85. The topological polar surface area (TPSA) is 33.3 Å². The van der Waals surface area contributed by atoms with Crippen LogP contribution in [0.15, 0.2) is 48.5 Å². The fraction of sp³-hybridized carbons (Fsp3) is 0.294. The van der Waals surface area contributed by atoms with Gasteiger partial charge in [-0.3, -0.25) is 0 Å². The van der Waals surface area contributed by atoms with Crippen molar-refractivity contribution in [3.8, 4) is 5.75 Å². The van der Waals surface area contributed by atoms with Crippen LogP contribution in [-0.2, 0) is 0 Å². The zero-order valence-corrected chi connectivity index (χ0v) is 13.2. The lowest BCUT2D eigenvalue weighted by Crippen LogP contribution is -2.13. The highest BCUT2D eigenvalue weighted by Gasteiger charge is 1.98. The van der Waals surface area contributed by atoms with E-state index in [-0.39, 0.29) is 6.10 Å². The van der Waals surface area contributed by atoms with Crippen molar-refractivity contribution in [2.45, 2.75) is 20.0 Å². The molecule has 0 unspecified atom stereocenters. The van der Waals surface area contributed by atoms with E-state index < -0.39 is 0 Å². The first-order chi connectivity index (χ1) is 10.1. The summed E-state index contributed by atoms with van der Waals surface area (Å²) in [6.45, 7) is 5.72. The van der Waals surface area contributed by atoms with Gasteiger partial charge in [0, 0.05) is 29.5 Å². The fourth-order valence-corrected chi connectivity index (χ4v) is 2.03. The van der Waals surface area contributed by atoms with E-state index in [1.54, 1.807) is 0 Å². The molecule has 0 aliphatic carbocycles. The number of benzene rings is 2. The molecule has 112 valence electrons. The molecule has 0 atom stereocenters. The van der Waals surface area contributed by atoms with Crippen molar-refractivity contribution < 1.29 is 4.74 Å². The standard InChI is InChI=1S/C17H21ClN2O/c1-13(2)21-17-9-7-16(8-10-17)20-12-11-19-15-5-3-14(18)4-6-15/h3-10,13,19-20H,11-12H2,1-2H3. The number of halogens is 1. The first-order valence-corrected chi connectivity index (χ1v) is 7.51. The average molecular weight is 305 g/mol. The molecule has 2 rings (SSSR count). The van der Waals surface area contributed by atoms with Crippen molar-refractivity contribution in [1.82, 2.24) is 0 Å². The molecule has 0 heterocycles. The minimum atomic E-state index is 0.201. The van der Waals surface area contributed by atoms with Gasteiger partial charge in [-0.25, -0.2) is 0 Å². The molecule has 3 nitrogen and oxygen atoms in total. The average Bonchev–Trinajstić information content (AvgIpc) is 2.46. The highest BCUT2D eigenvalue weighted by atomic mass is 35.5. The SMILES string of the molecule is CC(C)Oc1ccc(NCCNc2ccc(Cl)cc2)cc1. The zero-order chi connectivity index (χ0) is 15.1. The van der Waals surface area contributed by atoms with Crippen molar-refractivity contribution in [1.29, 1.82) is 0 Å². The van der Waals surface area contributed by atoms with Gasteiger partial charge in [0.05, 0.1) is 6.10 Å². The summed E-state index contributed by atoms with van der Waals surface area (Å²) in [6.07, 6.45) is 0.201. The van der Waals surface area contributed by atoms with Crippen LogP contribution in [0.1, 0.15) is 13.8 Å². The molecule has 0 aliphatic heterocycles. The Morgan fingerprint density at radius 1 is 0.857 bits per heavy atom. The molecule has 0 saturated carbocycles. The maximum Gasteiger partial charge on any atom is 0.119 e. The van der Waals surface area contributed by atoms with Crippen molar-refractivity contribution in [3.63, 3.8) is 0 Å². The van der Waals surface area contributed by atoms with E-state index >= 15 is 0 Å². The predicted molar refractivity (Wildman–Crippen MR) is 90.6 cm³/mol. The van der Waals surface area contributed by atoms with Gasteiger partial charge < -0.3 is 15.4 Å². The fourth-order valence-electron chi connectivity index (χ4n) is 1.90. The monoisotopic (exact) mass is 304 g/mol. The highest BCUT2D eigenvalue weighted by molar-refractivity contribution is 6.30. The molecule has 0 bridgehead atoms. The Hall–Kier alpha value is -1.87. The molecular formula is C17H21ClN2O. The normalized spacial score (nSPS) is 10.5. The smallest absolute Gasteiger partial charge is 0.119 e. The van der Waals surface area contributed by atoms with Crippen LogP contribution in [0.25, 0.3) is 0 Å². The van der Waals surface area contributed by atoms with Gasteiger partial charge in [0.2, 0.25) is 0 Å². The van der Waals surface area contributed by atoms with E-state index in [1.165, 1.54) is 0 Å². The van der Waals surface area contributed by atoms with Crippen LogP contribution in [0.2, 0.25) is 5.02 Å². The van der Waals surface area contributed by atoms with Gasteiger partial charge in [0.15, 0.2) is 0 Å². The Kier molecular flexibility index (Phi) is 5.76. The van der Waals surface area contributed by atoms with Gasteiger partial charge in [0.1, 0.15) is 5.75 Å². The van der Waals surface area contributed by atoms with Crippen LogP contribution in [0, 0.1) is 0 Å². The number of ether oxygens (including phenoxy) is 1. The lowest BCUT2D eigenvalue weighted by molar-refractivity contribution is 0.242. The van der Waals surface area contributed by atoms with E-state index in [1.807, 2.05) is 62.4 Å².